The Kier molecular flexibility index (Phi) is 2.80. The maximum atomic E-state index is 5.86. The second-order valence-corrected chi connectivity index (χ2v) is 4.64. The molecule has 2 aromatic rings. The van der Waals surface area contributed by atoms with E-state index in [1.54, 1.807) is 7.11 Å². The Morgan fingerprint density at radius 2 is 1.72 bits per heavy atom. The predicted octanol–water partition coefficient (Wildman–Crippen LogP) is 3.16. The highest BCUT2D eigenvalue weighted by Crippen LogP contribution is 2.37. The van der Waals surface area contributed by atoms with Gasteiger partial charge in [-0.3, -0.25) is 0 Å². The van der Waals surface area contributed by atoms with Crippen molar-refractivity contribution in [1.29, 1.82) is 0 Å². The number of fused-ring (bicyclic) bond motifs is 1. The molecule has 0 spiro atoms. The molecule has 92 valence electrons. The van der Waals surface area contributed by atoms with Crippen molar-refractivity contribution in [3.63, 3.8) is 0 Å². The number of para-hydroxylation sites is 1. The molecule has 0 bridgehead atoms. The number of hydrogen-bond acceptors (Lipinski definition) is 2. The van der Waals surface area contributed by atoms with Crippen LogP contribution in [0.3, 0.4) is 0 Å². The Labute approximate surface area is 107 Å². The topological polar surface area (TPSA) is 18.5 Å². The summed E-state index contributed by atoms with van der Waals surface area (Å²) in [6, 6.07) is 18.4. The van der Waals surface area contributed by atoms with Gasteiger partial charge in [-0.1, -0.05) is 48.5 Å². The van der Waals surface area contributed by atoms with E-state index in [1.807, 2.05) is 36.4 Å². The molecule has 0 fully saturated rings. The molecule has 2 aromatic carbocycles. The average Bonchev–Trinajstić information content (AvgIpc) is 2.47. The van der Waals surface area contributed by atoms with E-state index < -0.39 is 0 Å². The molecule has 18 heavy (non-hydrogen) atoms. The van der Waals surface area contributed by atoms with Crippen molar-refractivity contribution in [3.8, 4) is 5.75 Å². The molecule has 1 aliphatic rings. The first-order chi connectivity index (χ1) is 8.84. The van der Waals surface area contributed by atoms with Crippen LogP contribution in [0.15, 0.2) is 54.6 Å². The lowest BCUT2D eigenvalue weighted by Crippen LogP contribution is -2.40. The Balaban J connectivity index is 2.01. The summed E-state index contributed by atoms with van der Waals surface area (Å²) >= 11 is 0. The van der Waals surface area contributed by atoms with Gasteiger partial charge in [0.2, 0.25) is 0 Å². The van der Waals surface area contributed by atoms with Gasteiger partial charge in [0.1, 0.15) is 18.0 Å². The quantitative estimate of drug-likeness (QED) is 0.802. The van der Waals surface area contributed by atoms with Crippen LogP contribution < -0.4 is 4.74 Å². The molecule has 1 aliphatic heterocycles. The second kappa shape index (κ2) is 4.46. The summed E-state index contributed by atoms with van der Waals surface area (Å²) in [5, 5.41) is 0. The monoisotopic (exact) mass is 240 g/mol. The lowest BCUT2D eigenvalue weighted by molar-refractivity contribution is -0.0592. The van der Waals surface area contributed by atoms with Crippen LogP contribution in [0, 0.1) is 0 Å². The van der Waals surface area contributed by atoms with E-state index in [-0.39, 0.29) is 5.60 Å². The van der Waals surface area contributed by atoms with Gasteiger partial charge in [-0.15, -0.1) is 0 Å². The van der Waals surface area contributed by atoms with Crippen molar-refractivity contribution in [2.45, 2.75) is 12.0 Å². The molecule has 0 saturated heterocycles. The van der Waals surface area contributed by atoms with Crippen LogP contribution in [0.25, 0.3) is 0 Å². The fraction of sp³-hybridized carbons (Fsp3) is 0.250. The van der Waals surface area contributed by atoms with Gasteiger partial charge < -0.3 is 9.47 Å². The van der Waals surface area contributed by atoms with Crippen molar-refractivity contribution < 1.29 is 9.47 Å². The second-order valence-electron chi connectivity index (χ2n) is 4.64. The Morgan fingerprint density at radius 1 is 1.00 bits per heavy atom. The van der Waals surface area contributed by atoms with Crippen molar-refractivity contribution in [3.05, 3.63) is 65.7 Å². The zero-order valence-electron chi connectivity index (χ0n) is 10.4. The molecule has 1 heterocycles. The Morgan fingerprint density at radius 3 is 2.50 bits per heavy atom. The Bertz CT molecular complexity index is 536. The molecular formula is C16H16O2. The summed E-state index contributed by atoms with van der Waals surface area (Å²) < 4.78 is 11.7. The first-order valence-corrected chi connectivity index (χ1v) is 6.15. The molecule has 1 atom stereocenters. The van der Waals surface area contributed by atoms with Crippen molar-refractivity contribution >= 4 is 0 Å². The zero-order chi connectivity index (χ0) is 12.4. The van der Waals surface area contributed by atoms with E-state index in [4.69, 9.17) is 9.47 Å². The van der Waals surface area contributed by atoms with Gasteiger partial charge in [-0.05, 0) is 17.2 Å². The van der Waals surface area contributed by atoms with Crippen LogP contribution in [0.1, 0.15) is 11.1 Å². The molecule has 0 aliphatic carbocycles. The summed E-state index contributed by atoms with van der Waals surface area (Å²) in [6.07, 6.45) is 0.851. The lowest BCUT2D eigenvalue weighted by Gasteiger charge is -2.37. The van der Waals surface area contributed by atoms with Crippen molar-refractivity contribution in [2.75, 3.05) is 13.7 Å². The summed E-state index contributed by atoms with van der Waals surface area (Å²) in [5.74, 6) is 0.973. The zero-order valence-corrected chi connectivity index (χ0v) is 10.4. The van der Waals surface area contributed by atoms with E-state index in [1.165, 1.54) is 11.1 Å². The number of methoxy groups -OCH3 is 1. The SMILES string of the molecule is COC1(c2ccccc2)COc2ccccc2C1. The lowest BCUT2D eigenvalue weighted by atomic mass is 9.85. The maximum Gasteiger partial charge on any atom is 0.131 e. The highest BCUT2D eigenvalue weighted by atomic mass is 16.5. The largest absolute Gasteiger partial charge is 0.490 e. The summed E-state index contributed by atoms with van der Waals surface area (Å²) in [7, 11) is 1.75. The molecule has 0 radical (unpaired) electrons. The molecule has 2 heteroatoms. The molecule has 1 unspecified atom stereocenters. The highest BCUT2D eigenvalue weighted by molar-refractivity contribution is 5.39. The fourth-order valence-corrected chi connectivity index (χ4v) is 2.52. The van der Waals surface area contributed by atoms with Crippen LogP contribution in [0.5, 0.6) is 5.75 Å². The van der Waals surface area contributed by atoms with Crippen LogP contribution in [0.4, 0.5) is 0 Å². The van der Waals surface area contributed by atoms with Crippen LogP contribution in [-0.2, 0) is 16.8 Å². The van der Waals surface area contributed by atoms with Gasteiger partial charge in [0, 0.05) is 13.5 Å². The normalized spacial score (nSPS) is 22.1. The third-order valence-electron chi connectivity index (χ3n) is 3.60. The number of ether oxygens (including phenoxy) is 2. The minimum Gasteiger partial charge on any atom is -0.490 e. The number of benzene rings is 2. The van der Waals surface area contributed by atoms with Crippen molar-refractivity contribution in [2.24, 2.45) is 0 Å². The molecule has 0 aromatic heterocycles. The standard InChI is InChI=1S/C16H16O2/c1-17-16(14-8-3-2-4-9-14)11-13-7-5-6-10-15(13)18-12-16/h2-10H,11-12H2,1H3. The molecule has 0 amide bonds. The average molecular weight is 240 g/mol. The summed E-state index contributed by atoms with van der Waals surface area (Å²) in [5.41, 5.74) is 2.01. The van der Waals surface area contributed by atoms with E-state index in [9.17, 15) is 0 Å². The molecule has 3 rings (SSSR count). The van der Waals surface area contributed by atoms with Gasteiger partial charge in [-0.25, -0.2) is 0 Å². The van der Waals surface area contributed by atoms with Gasteiger partial charge >= 0.3 is 0 Å². The van der Waals surface area contributed by atoms with Crippen molar-refractivity contribution in [1.82, 2.24) is 0 Å². The van der Waals surface area contributed by atoms with Crippen LogP contribution in [-0.4, -0.2) is 13.7 Å². The highest BCUT2D eigenvalue weighted by Gasteiger charge is 2.37. The maximum absolute atomic E-state index is 5.86. The molecule has 0 N–H and O–H groups in total. The third-order valence-corrected chi connectivity index (χ3v) is 3.60. The number of rotatable bonds is 2. The molecule has 0 saturated carbocycles. The smallest absolute Gasteiger partial charge is 0.131 e. The molecular weight excluding hydrogens is 224 g/mol. The summed E-state index contributed by atoms with van der Waals surface area (Å²) in [4.78, 5) is 0. The summed E-state index contributed by atoms with van der Waals surface area (Å²) in [6.45, 7) is 0.560. The van der Waals surface area contributed by atoms with Gasteiger partial charge in [0.05, 0.1) is 0 Å². The van der Waals surface area contributed by atoms with E-state index >= 15 is 0 Å². The van der Waals surface area contributed by atoms with Crippen LogP contribution in [0.2, 0.25) is 0 Å². The Hall–Kier alpha value is -1.80. The first kappa shape index (κ1) is 11.3. The minimum absolute atomic E-state index is 0.365. The van der Waals surface area contributed by atoms with Crippen LogP contribution >= 0.6 is 0 Å². The predicted molar refractivity (Wildman–Crippen MR) is 70.8 cm³/mol. The molecule has 2 nitrogen and oxygen atoms in total. The number of hydrogen-bond donors (Lipinski definition) is 0. The van der Waals surface area contributed by atoms with Gasteiger partial charge in [0.25, 0.3) is 0 Å². The fourth-order valence-electron chi connectivity index (χ4n) is 2.52. The van der Waals surface area contributed by atoms with Gasteiger partial charge in [0.15, 0.2) is 0 Å². The van der Waals surface area contributed by atoms with Gasteiger partial charge in [-0.2, -0.15) is 0 Å². The third kappa shape index (κ3) is 1.79. The first-order valence-electron chi connectivity index (χ1n) is 6.15. The minimum atomic E-state index is -0.365. The van der Waals surface area contributed by atoms with E-state index in [0.29, 0.717) is 6.61 Å². The van der Waals surface area contributed by atoms with E-state index in [0.717, 1.165) is 12.2 Å². The van der Waals surface area contributed by atoms with E-state index in [2.05, 4.69) is 18.2 Å².